The van der Waals surface area contributed by atoms with Crippen LogP contribution in [0, 0.1) is 6.92 Å². The van der Waals surface area contributed by atoms with Gasteiger partial charge in [0.25, 0.3) is 5.91 Å². The number of sulfone groups is 1. The van der Waals surface area contributed by atoms with Crippen molar-refractivity contribution in [3.05, 3.63) is 59.7 Å². The molecule has 0 unspecified atom stereocenters. The first kappa shape index (κ1) is 16.7. The molecule has 126 valence electrons. The Kier molecular flexibility index (Phi) is 4.45. The van der Waals surface area contributed by atoms with Gasteiger partial charge in [-0.05, 0) is 30.2 Å². The van der Waals surface area contributed by atoms with Crippen LogP contribution in [-0.2, 0) is 9.84 Å². The Morgan fingerprint density at radius 1 is 1.00 bits per heavy atom. The Labute approximate surface area is 143 Å². The summed E-state index contributed by atoms with van der Waals surface area (Å²) in [4.78, 5) is 14.0. The molecule has 1 aliphatic heterocycles. The smallest absolute Gasteiger partial charge is 0.253 e. The van der Waals surface area contributed by atoms with E-state index in [1.165, 1.54) is 5.56 Å². The van der Waals surface area contributed by atoms with Crippen LogP contribution < -0.4 is 0 Å². The maximum absolute atomic E-state index is 12.4. The van der Waals surface area contributed by atoms with Gasteiger partial charge in [0, 0.05) is 24.4 Å². The van der Waals surface area contributed by atoms with E-state index in [9.17, 15) is 13.2 Å². The van der Waals surface area contributed by atoms with Gasteiger partial charge in [0.05, 0.1) is 5.25 Å². The third-order valence-electron chi connectivity index (χ3n) is 4.56. The number of aryl methyl sites for hydroxylation is 1. The van der Waals surface area contributed by atoms with E-state index < -0.39 is 15.1 Å². The SMILES string of the molecule is CCS(=O)(=O)C1CN(C(=O)c2ccc(-c3ccc(C)cc3)cc2)C1. The van der Waals surface area contributed by atoms with Crippen LogP contribution >= 0.6 is 0 Å². The fourth-order valence-corrected chi connectivity index (χ4v) is 4.09. The molecule has 0 radical (unpaired) electrons. The molecule has 0 spiro atoms. The van der Waals surface area contributed by atoms with E-state index in [4.69, 9.17) is 0 Å². The number of hydrogen-bond donors (Lipinski definition) is 0. The van der Waals surface area contributed by atoms with Gasteiger partial charge in [-0.25, -0.2) is 8.42 Å². The topological polar surface area (TPSA) is 54.5 Å². The third kappa shape index (κ3) is 3.22. The summed E-state index contributed by atoms with van der Waals surface area (Å²) in [5, 5.41) is -0.404. The molecule has 1 saturated heterocycles. The average Bonchev–Trinajstić information content (AvgIpc) is 2.54. The zero-order valence-electron chi connectivity index (χ0n) is 13.9. The molecule has 0 saturated carbocycles. The fraction of sp³-hybridized carbons (Fsp3) is 0.316. The molecule has 4 nitrogen and oxygen atoms in total. The van der Waals surface area contributed by atoms with Gasteiger partial charge in [0.15, 0.2) is 9.84 Å². The van der Waals surface area contributed by atoms with E-state index in [2.05, 4.69) is 24.3 Å². The summed E-state index contributed by atoms with van der Waals surface area (Å²) >= 11 is 0. The number of benzene rings is 2. The Balaban J connectivity index is 1.68. The van der Waals surface area contributed by atoms with Gasteiger partial charge in [-0.1, -0.05) is 48.9 Å². The lowest BCUT2D eigenvalue weighted by Gasteiger charge is -2.38. The molecule has 0 aromatic heterocycles. The fourth-order valence-electron chi connectivity index (χ4n) is 2.80. The van der Waals surface area contributed by atoms with Crippen molar-refractivity contribution < 1.29 is 13.2 Å². The number of rotatable bonds is 4. The molecule has 1 heterocycles. The highest BCUT2D eigenvalue weighted by Crippen LogP contribution is 2.23. The quantitative estimate of drug-likeness (QED) is 0.858. The van der Waals surface area contributed by atoms with Crippen LogP contribution in [0.5, 0.6) is 0 Å². The Morgan fingerprint density at radius 2 is 1.50 bits per heavy atom. The normalized spacial score (nSPS) is 15.2. The van der Waals surface area contributed by atoms with Crippen molar-refractivity contribution in [1.29, 1.82) is 0 Å². The van der Waals surface area contributed by atoms with Crippen molar-refractivity contribution in [2.75, 3.05) is 18.8 Å². The van der Waals surface area contributed by atoms with E-state index in [0.29, 0.717) is 18.7 Å². The van der Waals surface area contributed by atoms with E-state index in [1.54, 1.807) is 24.0 Å². The molecule has 1 aliphatic rings. The van der Waals surface area contributed by atoms with Crippen LogP contribution in [-0.4, -0.2) is 43.3 Å². The van der Waals surface area contributed by atoms with E-state index >= 15 is 0 Å². The predicted octanol–water partition coefficient (Wildman–Crippen LogP) is 2.92. The molecule has 3 rings (SSSR count). The third-order valence-corrected chi connectivity index (χ3v) is 6.68. The highest BCUT2D eigenvalue weighted by molar-refractivity contribution is 7.92. The van der Waals surface area contributed by atoms with Crippen molar-refractivity contribution in [3.8, 4) is 11.1 Å². The second-order valence-electron chi connectivity index (χ2n) is 6.23. The van der Waals surface area contributed by atoms with Crippen molar-refractivity contribution in [3.63, 3.8) is 0 Å². The minimum Gasteiger partial charge on any atom is -0.336 e. The summed E-state index contributed by atoms with van der Waals surface area (Å²) in [5.74, 6) is 0.0262. The second kappa shape index (κ2) is 6.40. The monoisotopic (exact) mass is 343 g/mol. The molecule has 24 heavy (non-hydrogen) atoms. The second-order valence-corrected chi connectivity index (χ2v) is 8.80. The number of nitrogens with zero attached hydrogens (tertiary/aromatic N) is 1. The Hall–Kier alpha value is -2.14. The summed E-state index contributed by atoms with van der Waals surface area (Å²) < 4.78 is 23.5. The standard InChI is InChI=1S/C19H21NO3S/c1-3-24(22,23)18-12-20(13-18)19(21)17-10-8-16(9-11-17)15-6-4-14(2)5-7-15/h4-11,18H,3,12-13H2,1-2H3. The van der Waals surface area contributed by atoms with Gasteiger partial charge < -0.3 is 4.90 Å². The average molecular weight is 343 g/mol. The number of amides is 1. The van der Waals surface area contributed by atoms with E-state index in [0.717, 1.165) is 11.1 Å². The van der Waals surface area contributed by atoms with E-state index in [-0.39, 0.29) is 11.7 Å². The maximum Gasteiger partial charge on any atom is 0.253 e. The molecule has 1 amide bonds. The van der Waals surface area contributed by atoms with Crippen LogP contribution in [0.1, 0.15) is 22.8 Å². The summed E-state index contributed by atoms with van der Waals surface area (Å²) in [6.45, 7) is 4.29. The molecule has 0 bridgehead atoms. The molecule has 5 heteroatoms. The summed E-state index contributed by atoms with van der Waals surface area (Å²) in [5.41, 5.74) is 3.97. The minimum absolute atomic E-state index is 0.104. The zero-order chi connectivity index (χ0) is 17.3. The van der Waals surface area contributed by atoms with Crippen LogP contribution in [0.15, 0.2) is 48.5 Å². The van der Waals surface area contributed by atoms with Crippen molar-refractivity contribution >= 4 is 15.7 Å². The number of carbonyl (C=O) groups is 1. The van der Waals surface area contributed by atoms with Crippen LogP contribution in [0.25, 0.3) is 11.1 Å². The van der Waals surface area contributed by atoms with Gasteiger partial charge in [-0.2, -0.15) is 0 Å². The van der Waals surface area contributed by atoms with Crippen molar-refractivity contribution in [2.24, 2.45) is 0 Å². The molecular formula is C19H21NO3S. The maximum atomic E-state index is 12.4. The van der Waals surface area contributed by atoms with Gasteiger partial charge in [-0.15, -0.1) is 0 Å². The molecule has 0 N–H and O–H groups in total. The summed E-state index contributed by atoms with van der Waals surface area (Å²) in [6.07, 6.45) is 0. The zero-order valence-corrected chi connectivity index (χ0v) is 14.7. The lowest BCUT2D eigenvalue weighted by molar-refractivity contribution is 0.0659. The van der Waals surface area contributed by atoms with Crippen molar-refractivity contribution in [2.45, 2.75) is 19.1 Å². The van der Waals surface area contributed by atoms with Gasteiger partial charge in [0.2, 0.25) is 0 Å². The predicted molar refractivity (Wildman–Crippen MR) is 95.8 cm³/mol. The summed E-state index contributed by atoms with van der Waals surface area (Å²) in [7, 11) is -3.05. The summed E-state index contributed by atoms with van der Waals surface area (Å²) in [6, 6.07) is 15.7. The molecule has 2 aromatic carbocycles. The van der Waals surface area contributed by atoms with E-state index in [1.807, 2.05) is 19.1 Å². The number of carbonyl (C=O) groups excluding carboxylic acids is 1. The number of hydrogen-bond acceptors (Lipinski definition) is 3. The van der Waals surface area contributed by atoms with Gasteiger partial charge >= 0.3 is 0 Å². The molecule has 2 aromatic rings. The highest BCUT2D eigenvalue weighted by atomic mass is 32.2. The highest BCUT2D eigenvalue weighted by Gasteiger charge is 2.38. The van der Waals surface area contributed by atoms with Crippen molar-refractivity contribution in [1.82, 2.24) is 4.90 Å². The first-order chi connectivity index (χ1) is 11.4. The Morgan fingerprint density at radius 3 is 2.00 bits per heavy atom. The molecule has 0 atom stereocenters. The van der Waals surface area contributed by atoms with Crippen LogP contribution in [0.4, 0.5) is 0 Å². The number of likely N-dealkylation sites (tertiary alicyclic amines) is 1. The van der Waals surface area contributed by atoms with Crippen LogP contribution in [0.3, 0.4) is 0 Å². The largest absolute Gasteiger partial charge is 0.336 e. The lowest BCUT2D eigenvalue weighted by atomic mass is 10.0. The van der Waals surface area contributed by atoms with Crippen LogP contribution in [0.2, 0.25) is 0 Å². The lowest BCUT2D eigenvalue weighted by Crippen LogP contribution is -2.57. The molecule has 1 fully saturated rings. The first-order valence-corrected chi connectivity index (χ1v) is 9.80. The molecule has 0 aliphatic carbocycles. The van der Waals surface area contributed by atoms with Gasteiger partial charge in [0.1, 0.15) is 0 Å². The Bertz CT molecular complexity index is 833. The molecular weight excluding hydrogens is 322 g/mol. The first-order valence-electron chi connectivity index (χ1n) is 8.08. The van der Waals surface area contributed by atoms with Gasteiger partial charge in [-0.3, -0.25) is 4.79 Å². The minimum atomic E-state index is -3.05.